The molecule has 20 heavy (non-hydrogen) atoms. The van der Waals surface area contributed by atoms with Crippen LogP contribution in [0, 0.1) is 0 Å². The third-order valence-corrected chi connectivity index (χ3v) is 3.78. The number of nitrogens with one attached hydrogen (secondary N) is 1. The summed E-state index contributed by atoms with van der Waals surface area (Å²) in [6, 6.07) is 6.28. The molecule has 1 aromatic rings. The van der Waals surface area contributed by atoms with Gasteiger partial charge >= 0.3 is 0 Å². The Balaban J connectivity index is 2.33. The average Bonchev–Trinajstić information content (AvgIpc) is 2.53. The van der Waals surface area contributed by atoms with Crippen LogP contribution in [0.5, 0.6) is 11.5 Å². The fourth-order valence-corrected chi connectivity index (χ4v) is 2.72. The smallest absolute Gasteiger partial charge is 0.123 e. The van der Waals surface area contributed by atoms with Crippen molar-refractivity contribution in [3.63, 3.8) is 0 Å². The first-order valence-corrected chi connectivity index (χ1v) is 7.07. The zero-order valence-corrected chi connectivity index (χ0v) is 12.4. The second-order valence-electron chi connectivity index (χ2n) is 4.93. The SMILES string of the molecule is C=CC[C@H](c1cc(OC)ccc1OC)N1CCNCC1. The van der Waals surface area contributed by atoms with Crippen LogP contribution < -0.4 is 14.8 Å². The van der Waals surface area contributed by atoms with Gasteiger partial charge in [0.05, 0.1) is 14.2 Å². The number of rotatable bonds is 6. The molecule has 0 saturated carbocycles. The van der Waals surface area contributed by atoms with Crippen molar-refractivity contribution in [2.24, 2.45) is 0 Å². The molecule has 1 aliphatic rings. The monoisotopic (exact) mass is 276 g/mol. The maximum Gasteiger partial charge on any atom is 0.123 e. The quantitative estimate of drug-likeness (QED) is 0.808. The zero-order chi connectivity index (χ0) is 14.4. The lowest BCUT2D eigenvalue weighted by molar-refractivity contribution is 0.171. The van der Waals surface area contributed by atoms with Gasteiger partial charge in [0, 0.05) is 37.8 Å². The number of piperazine rings is 1. The number of hydrogen-bond donors (Lipinski definition) is 1. The van der Waals surface area contributed by atoms with E-state index in [0.29, 0.717) is 6.04 Å². The molecule has 1 heterocycles. The van der Waals surface area contributed by atoms with Gasteiger partial charge in [0.1, 0.15) is 11.5 Å². The summed E-state index contributed by atoms with van der Waals surface area (Å²) in [6.45, 7) is 8.04. The highest BCUT2D eigenvalue weighted by atomic mass is 16.5. The van der Waals surface area contributed by atoms with Gasteiger partial charge in [0.15, 0.2) is 0 Å². The van der Waals surface area contributed by atoms with Crippen LogP contribution in [-0.4, -0.2) is 45.3 Å². The van der Waals surface area contributed by atoms with E-state index in [0.717, 1.165) is 44.1 Å². The van der Waals surface area contributed by atoms with Crippen molar-refractivity contribution in [3.05, 3.63) is 36.4 Å². The molecule has 1 saturated heterocycles. The Labute approximate surface area is 121 Å². The van der Waals surface area contributed by atoms with E-state index in [1.165, 1.54) is 5.56 Å². The Morgan fingerprint density at radius 2 is 2.05 bits per heavy atom. The highest BCUT2D eigenvalue weighted by molar-refractivity contribution is 5.42. The molecule has 1 aromatic carbocycles. The van der Waals surface area contributed by atoms with Crippen molar-refractivity contribution in [2.75, 3.05) is 40.4 Å². The fraction of sp³-hybridized carbons (Fsp3) is 0.500. The Bertz CT molecular complexity index is 442. The van der Waals surface area contributed by atoms with Gasteiger partial charge in [-0.05, 0) is 24.6 Å². The molecule has 110 valence electrons. The first kappa shape index (κ1) is 14.9. The van der Waals surface area contributed by atoms with E-state index in [-0.39, 0.29) is 0 Å². The van der Waals surface area contributed by atoms with Crippen LogP contribution in [0.2, 0.25) is 0 Å². The Morgan fingerprint density at radius 1 is 1.30 bits per heavy atom. The first-order valence-electron chi connectivity index (χ1n) is 7.07. The van der Waals surface area contributed by atoms with E-state index in [4.69, 9.17) is 9.47 Å². The molecule has 4 heteroatoms. The summed E-state index contributed by atoms with van der Waals surface area (Å²) in [4.78, 5) is 2.48. The van der Waals surface area contributed by atoms with Crippen molar-refractivity contribution in [3.8, 4) is 11.5 Å². The van der Waals surface area contributed by atoms with Crippen LogP contribution >= 0.6 is 0 Å². The molecule has 2 rings (SSSR count). The Hall–Kier alpha value is -1.52. The predicted molar refractivity (Wildman–Crippen MR) is 81.5 cm³/mol. The third kappa shape index (κ3) is 3.32. The summed E-state index contributed by atoms with van der Waals surface area (Å²) in [5.41, 5.74) is 1.17. The van der Waals surface area contributed by atoms with Crippen LogP contribution in [0.3, 0.4) is 0 Å². The molecule has 1 atom stereocenters. The van der Waals surface area contributed by atoms with Crippen LogP contribution in [0.4, 0.5) is 0 Å². The lowest BCUT2D eigenvalue weighted by Gasteiger charge is -2.35. The number of methoxy groups -OCH3 is 2. The van der Waals surface area contributed by atoms with Gasteiger partial charge in [-0.3, -0.25) is 4.90 Å². The minimum atomic E-state index is 0.291. The molecule has 0 spiro atoms. The predicted octanol–water partition coefficient (Wildman–Crippen LogP) is 2.23. The standard InChI is InChI=1S/C16H24N2O2/c1-4-5-15(18-10-8-17-9-11-18)14-12-13(19-2)6-7-16(14)20-3/h4,6-7,12,15,17H,1,5,8-11H2,2-3H3/t15-/m1/s1. The number of hydrogen-bond acceptors (Lipinski definition) is 4. The average molecular weight is 276 g/mol. The molecule has 1 fully saturated rings. The van der Waals surface area contributed by atoms with Crippen LogP contribution in [0.15, 0.2) is 30.9 Å². The molecular weight excluding hydrogens is 252 g/mol. The second-order valence-corrected chi connectivity index (χ2v) is 4.93. The summed E-state index contributed by atoms with van der Waals surface area (Å²) in [7, 11) is 3.41. The normalized spacial score (nSPS) is 17.5. The van der Waals surface area contributed by atoms with Gasteiger partial charge in [-0.1, -0.05) is 6.08 Å². The molecule has 0 aliphatic carbocycles. The second kappa shape index (κ2) is 7.31. The topological polar surface area (TPSA) is 33.7 Å². The van der Waals surface area contributed by atoms with Gasteiger partial charge in [-0.15, -0.1) is 6.58 Å². The summed E-state index contributed by atoms with van der Waals surface area (Å²) in [5.74, 6) is 1.78. The van der Waals surface area contributed by atoms with Crippen molar-refractivity contribution in [1.82, 2.24) is 10.2 Å². The highest BCUT2D eigenvalue weighted by Crippen LogP contribution is 2.35. The van der Waals surface area contributed by atoms with Gasteiger partial charge in [0.25, 0.3) is 0 Å². The van der Waals surface area contributed by atoms with E-state index in [9.17, 15) is 0 Å². The Morgan fingerprint density at radius 3 is 2.65 bits per heavy atom. The lowest BCUT2D eigenvalue weighted by atomic mass is 9.99. The first-order chi connectivity index (χ1) is 9.80. The summed E-state index contributed by atoms with van der Waals surface area (Å²) >= 11 is 0. The molecule has 0 bridgehead atoms. The summed E-state index contributed by atoms with van der Waals surface area (Å²) < 4.78 is 10.9. The van der Waals surface area contributed by atoms with Gasteiger partial charge in [-0.2, -0.15) is 0 Å². The minimum Gasteiger partial charge on any atom is -0.497 e. The molecular formula is C16H24N2O2. The fourth-order valence-electron chi connectivity index (χ4n) is 2.72. The molecule has 0 radical (unpaired) electrons. The van der Waals surface area contributed by atoms with Crippen molar-refractivity contribution >= 4 is 0 Å². The van der Waals surface area contributed by atoms with Crippen molar-refractivity contribution < 1.29 is 9.47 Å². The van der Waals surface area contributed by atoms with E-state index >= 15 is 0 Å². The zero-order valence-electron chi connectivity index (χ0n) is 12.4. The van der Waals surface area contributed by atoms with Crippen molar-refractivity contribution in [1.29, 1.82) is 0 Å². The minimum absolute atomic E-state index is 0.291. The van der Waals surface area contributed by atoms with Gasteiger partial charge < -0.3 is 14.8 Å². The molecule has 0 unspecified atom stereocenters. The number of benzene rings is 1. The molecule has 4 nitrogen and oxygen atoms in total. The molecule has 0 aromatic heterocycles. The third-order valence-electron chi connectivity index (χ3n) is 3.78. The Kier molecular flexibility index (Phi) is 5.44. The van der Waals surface area contributed by atoms with E-state index < -0.39 is 0 Å². The van der Waals surface area contributed by atoms with Crippen LogP contribution in [-0.2, 0) is 0 Å². The molecule has 0 amide bonds. The van der Waals surface area contributed by atoms with E-state index in [1.807, 2.05) is 18.2 Å². The number of ether oxygens (including phenoxy) is 2. The maximum absolute atomic E-state index is 5.53. The number of nitrogens with zero attached hydrogens (tertiary/aromatic N) is 1. The van der Waals surface area contributed by atoms with E-state index in [1.54, 1.807) is 14.2 Å². The summed E-state index contributed by atoms with van der Waals surface area (Å²) in [6.07, 6.45) is 2.88. The van der Waals surface area contributed by atoms with E-state index in [2.05, 4.69) is 22.9 Å². The summed E-state index contributed by atoms with van der Waals surface area (Å²) in [5, 5.41) is 3.39. The highest BCUT2D eigenvalue weighted by Gasteiger charge is 2.24. The molecule has 1 N–H and O–H groups in total. The van der Waals surface area contributed by atoms with Crippen molar-refractivity contribution in [2.45, 2.75) is 12.5 Å². The maximum atomic E-state index is 5.53. The van der Waals surface area contributed by atoms with Gasteiger partial charge in [-0.25, -0.2) is 0 Å². The molecule has 1 aliphatic heterocycles. The van der Waals surface area contributed by atoms with Gasteiger partial charge in [0.2, 0.25) is 0 Å². The lowest BCUT2D eigenvalue weighted by Crippen LogP contribution is -2.45. The van der Waals surface area contributed by atoms with Crippen LogP contribution in [0.1, 0.15) is 18.0 Å². The largest absolute Gasteiger partial charge is 0.497 e. The van der Waals surface area contributed by atoms with Crippen LogP contribution in [0.25, 0.3) is 0 Å².